The maximum Gasteiger partial charge on any atom is 0.342 e. The van der Waals surface area contributed by atoms with Crippen LogP contribution in [-0.4, -0.2) is 18.9 Å². The van der Waals surface area contributed by atoms with Crippen LogP contribution in [0.1, 0.15) is 65.2 Å². The lowest BCUT2D eigenvalue weighted by atomic mass is 9.99. The molecule has 4 heteroatoms. The van der Waals surface area contributed by atoms with Crippen LogP contribution in [0.15, 0.2) is 0 Å². The van der Waals surface area contributed by atoms with Gasteiger partial charge >= 0.3 is 5.97 Å². The van der Waals surface area contributed by atoms with Gasteiger partial charge in [-0.15, -0.1) is 0 Å². The number of rotatable bonds is 8. The Balaban J connectivity index is 2.02. The highest BCUT2D eigenvalue weighted by molar-refractivity contribution is 5.68. The summed E-state index contributed by atoms with van der Waals surface area (Å²) in [6.45, 7) is 5.04. The van der Waals surface area contributed by atoms with Gasteiger partial charge < -0.3 is 4.74 Å². The third kappa shape index (κ3) is 6.97. The summed E-state index contributed by atoms with van der Waals surface area (Å²) in [7, 11) is 0. The van der Waals surface area contributed by atoms with Crippen LogP contribution in [0, 0.1) is 5.92 Å². The first-order valence-corrected chi connectivity index (χ1v) is 7.20. The molecule has 0 aromatic rings. The van der Waals surface area contributed by atoms with Crippen molar-refractivity contribution in [3.8, 4) is 0 Å². The Hall–Kier alpha value is -0.610. The molecule has 1 aliphatic heterocycles. The van der Waals surface area contributed by atoms with Crippen molar-refractivity contribution in [3.05, 3.63) is 0 Å². The lowest BCUT2D eigenvalue weighted by Crippen LogP contribution is -2.24. The van der Waals surface area contributed by atoms with Crippen LogP contribution in [0.2, 0.25) is 0 Å². The van der Waals surface area contributed by atoms with Crippen molar-refractivity contribution >= 4 is 5.97 Å². The first-order chi connectivity index (χ1) is 8.72. The van der Waals surface area contributed by atoms with Gasteiger partial charge in [0.05, 0.1) is 0 Å². The largest absolute Gasteiger partial charge is 0.349 e. The van der Waals surface area contributed by atoms with E-state index in [1.807, 2.05) is 0 Å². The topological polar surface area (TPSA) is 44.8 Å². The van der Waals surface area contributed by atoms with E-state index in [0.29, 0.717) is 18.9 Å². The SMILES string of the molecule is CCCCC(C)CCC(=O)OOC1CCCCO1. The zero-order chi connectivity index (χ0) is 13.2. The highest BCUT2D eigenvalue weighted by Crippen LogP contribution is 2.16. The van der Waals surface area contributed by atoms with Crippen LogP contribution >= 0.6 is 0 Å². The maximum absolute atomic E-state index is 11.5. The Morgan fingerprint density at radius 1 is 1.39 bits per heavy atom. The lowest BCUT2D eigenvalue weighted by Gasteiger charge is -2.20. The van der Waals surface area contributed by atoms with Crippen molar-refractivity contribution in [2.75, 3.05) is 6.61 Å². The van der Waals surface area contributed by atoms with Crippen molar-refractivity contribution in [1.29, 1.82) is 0 Å². The second kappa shape index (κ2) is 9.34. The van der Waals surface area contributed by atoms with Gasteiger partial charge in [-0.3, -0.25) is 4.89 Å². The summed E-state index contributed by atoms with van der Waals surface area (Å²) in [5.74, 6) is 0.288. The fourth-order valence-corrected chi connectivity index (χ4v) is 2.00. The molecule has 0 aromatic carbocycles. The summed E-state index contributed by atoms with van der Waals surface area (Å²) in [5, 5.41) is 0. The first kappa shape index (κ1) is 15.4. The molecule has 0 radical (unpaired) electrons. The smallest absolute Gasteiger partial charge is 0.342 e. The molecule has 0 spiro atoms. The summed E-state index contributed by atoms with van der Waals surface area (Å²) in [6, 6.07) is 0. The van der Waals surface area contributed by atoms with Crippen molar-refractivity contribution in [2.24, 2.45) is 5.92 Å². The van der Waals surface area contributed by atoms with E-state index in [9.17, 15) is 4.79 Å². The number of unbranched alkanes of at least 4 members (excludes halogenated alkanes) is 1. The fourth-order valence-electron chi connectivity index (χ4n) is 2.00. The number of carbonyl (C=O) groups is 1. The van der Waals surface area contributed by atoms with Gasteiger partial charge in [0.1, 0.15) is 0 Å². The van der Waals surface area contributed by atoms with Gasteiger partial charge in [-0.1, -0.05) is 33.1 Å². The molecule has 4 nitrogen and oxygen atoms in total. The summed E-state index contributed by atoms with van der Waals surface area (Å²) in [5.41, 5.74) is 0. The van der Waals surface area contributed by atoms with Gasteiger partial charge in [-0.2, -0.15) is 4.89 Å². The monoisotopic (exact) mass is 258 g/mol. The lowest BCUT2D eigenvalue weighted by molar-refractivity contribution is -0.358. The Morgan fingerprint density at radius 2 is 2.22 bits per heavy atom. The van der Waals surface area contributed by atoms with Crippen LogP contribution in [0.5, 0.6) is 0 Å². The molecule has 0 N–H and O–H groups in total. The summed E-state index contributed by atoms with van der Waals surface area (Å²) >= 11 is 0. The van der Waals surface area contributed by atoms with E-state index in [-0.39, 0.29) is 12.3 Å². The van der Waals surface area contributed by atoms with E-state index in [2.05, 4.69) is 13.8 Å². The molecule has 0 aromatic heterocycles. The minimum atomic E-state index is -0.361. The summed E-state index contributed by atoms with van der Waals surface area (Å²) in [4.78, 5) is 21.2. The number of ether oxygens (including phenoxy) is 1. The molecule has 106 valence electrons. The molecule has 1 rings (SSSR count). The molecule has 18 heavy (non-hydrogen) atoms. The van der Waals surface area contributed by atoms with Gasteiger partial charge in [0.2, 0.25) is 6.29 Å². The zero-order valence-electron chi connectivity index (χ0n) is 11.7. The van der Waals surface area contributed by atoms with E-state index >= 15 is 0 Å². The van der Waals surface area contributed by atoms with E-state index < -0.39 is 0 Å². The van der Waals surface area contributed by atoms with Gasteiger partial charge in [0.15, 0.2) is 0 Å². The normalized spacial score (nSPS) is 21.6. The molecule has 2 unspecified atom stereocenters. The average molecular weight is 258 g/mol. The highest BCUT2D eigenvalue weighted by atomic mass is 17.2. The Morgan fingerprint density at radius 3 is 2.89 bits per heavy atom. The van der Waals surface area contributed by atoms with Crippen molar-refractivity contribution in [2.45, 2.75) is 71.5 Å². The summed E-state index contributed by atoms with van der Waals surface area (Å²) < 4.78 is 5.31. The predicted molar refractivity (Wildman–Crippen MR) is 68.7 cm³/mol. The van der Waals surface area contributed by atoms with Gasteiger partial charge in [0.25, 0.3) is 0 Å². The van der Waals surface area contributed by atoms with Crippen molar-refractivity contribution < 1.29 is 19.3 Å². The molecule has 2 atom stereocenters. The van der Waals surface area contributed by atoms with E-state index in [0.717, 1.165) is 25.7 Å². The molecule has 0 amide bonds. The van der Waals surface area contributed by atoms with Crippen LogP contribution in [0.25, 0.3) is 0 Å². The molecule has 1 heterocycles. The highest BCUT2D eigenvalue weighted by Gasteiger charge is 2.17. The standard InChI is InChI=1S/C14H26O4/c1-3-4-7-12(2)9-10-13(15)17-18-14-8-5-6-11-16-14/h12,14H,3-11H2,1-2H3. The molecular formula is C14H26O4. The number of carbonyl (C=O) groups excluding carboxylic acids is 1. The third-order valence-electron chi connectivity index (χ3n) is 3.28. The van der Waals surface area contributed by atoms with Gasteiger partial charge in [-0.25, -0.2) is 4.79 Å². The molecule has 1 aliphatic rings. The quantitative estimate of drug-likeness (QED) is 0.493. The fraction of sp³-hybridized carbons (Fsp3) is 0.929. The van der Waals surface area contributed by atoms with Crippen LogP contribution in [-0.2, 0) is 19.3 Å². The van der Waals surface area contributed by atoms with E-state index in [1.165, 1.54) is 19.3 Å². The molecule has 1 saturated heterocycles. The zero-order valence-corrected chi connectivity index (χ0v) is 11.7. The van der Waals surface area contributed by atoms with Gasteiger partial charge in [0, 0.05) is 19.4 Å². The Kier molecular flexibility index (Phi) is 8.01. The van der Waals surface area contributed by atoms with E-state index in [4.69, 9.17) is 14.5 Å². The number of hydrogen-bond donors (Lipinski definition) is 0. The predicted octanol–water partition coefficient (Wildman–Crippen LogP) is 3.59. The second-order valence-corrected chi connectivity index (χ2v) is 5.13. The van der Waals surface area contributed by atoms with E-state index in [1.54, 1.807) is 0 Å². The molecule has 0 aliphatic carbocycles. The molecule has 0 saturated carbocycles. The maximum atomic E-state index is 11.5. The van der Waals surface area contributed by atoms with Crippen LogP contribution in [0.3, 0.4) is 0 Å². The molecule has 1 fully saturated rings. The van der Waals surface area contributed by atoms with Crippen molar-refractivity contribution in [3.63, 3.8) is 0 Å². The van der Waals surface area contributed by atoms with Crippen LogP contribution < -0.4 is 0 Å². The van der Waals surface area contributed by atoms with Crippen LogP contribution in [0.4, 0.5) is 0 Å². The Bertz CT molecular complexity index is 224. The summed E-state index contributed by atoms with van der Waals surface area (Å²) in [6.07, 6.45) is 7.47. The minimum Gasteiger partial charge on any atom is -0.349 e. The van der Waals surface area contributed by atoms with Crippen molar-refractivity contribution in [1.82, 2.24) is 0 Å². The first-order valence-electron chi connectivity index (χ1n) is 7.20. The minimum absolute atomic E-state index is 0.285. The second-order valence-electron chi connectivity index (χ2n) is 5.13. The Labute approximate surface area is 110 Å². The van der Waals surface area contributed by atoms with Gasteiger partial charge in [-0.05, 0) is 25.2 Å². The third-order valence-corrected chi connectivity index (χ3v) is 3.28. The number of hydrogen-bond acceptors (Lipinski definition) is 4. The molecule has 0 bridgehead atoms. The average Bonchev–Trinajstić information content (AvgIpc) is 2.41. The molecular weight excluding hydrogens is 232 g/mol.